The molecule has 126 valence electrons. The van der Waals surface area contributed by atoms with Gasteiger partial charge >= 0.3 is 0 Å². The van der Waals surface area contributed by atoms with Gasteiger partial charge in [0.05, 0.1) is 0 Å². The molecule has 0 aliphatic carbocycles. The fourth-order valence-corrected chi connectivity index (χ4v) is 7.38. The summed E-state index contributed by atoms with van der Waals surface area (Å²) in [6, 6.07) is 10.2. The lowest BCUT2D eigenvalue weighted by molar-refractivity contribution is 0.447. The summed E-state index contributed by atoms with van der Waals surface area (Å²) in [5, 5.41) is 0. The smallest absolute Gasteiger partial charge is 0.0795 e. The van der Waals surface area contributed by atoms with Gasteiger partial charge in [-0.1, -0.05) is 136 Å². The van der Waals surface area contributed by atoms with Crippen LogP contribution >= 0.6 is 0 Å². The van der Waals surface area contributed by atoms with Gasteiger partial charge in [-0.25, -0.2) is 0 Å². The Morgan fingerprint density at radius 2 is 0.708 bits per heavy atom. The normalized spacial score (nSPS) is 35.8. The Morgan fingerprint density at radius 1 is 0.458 bits per heavy atom. The fourth-order valence-electron chi connectivity index (χ4n) is 7.38. The van der Waals surface area contributed by atoms with Gasteiger partial charge in [-0.05, 0) is 0 Å². The second-order valence-corrected chi connectivity index (χ2v) is 9.48. The minimum atomic E-state index is 0.896. The third-order valence-electron chi connectivity index (χ3n) is 8.34. The van der Waals surface area contributed by atoms with Gasteiger partial charge in [-0.3, -0.25) is 0 Å². The average molecular weight is 318 g/mol. The number of hydrogen-bond acceptors (Lipinski definition) is 0. The van der Waals surface area contributed by atoms with Crippen LogP contribution in [-0.2, 0) is 0 Å². The number of hydrogen-bond donors (Lipinski definition) is 0. The van der Waals surface area contributed by atoms with Crippen LogP contribution in [0.5, 0.6) is 0 Å². The lowest BCUT2D eigenvalue weighted by Gasteiger charge is -2.42. The first-order valence-electron chi connectivity index (χ1n) is 11.0. The Kier molecular flexibility index (Phi) is 4.27. The molecule has 0 unspecified atom stereocenters. The lowest BCUT2D eigenvalue weighted by atomic mass is 9.23. The van der Waals surface area contributed by atoms with E-state index in [2.05, 4.69) is 24.3 Å². The van der Waals surface area contributed by atoms with Crippen molar-refractivity contribution >= 4 is 24.4 Å². The summed E-state index contributed by atoms with van der Waals surface area (Å²) >= 11 is 0. The van der Waals surface area contributed by atoms with Gasteiger partial charge in [0.1, 0.15) is 0 Å². The van der Waals surface area contributed by atoms with Gasteiger partial charge in [0, 0.05) is 0 Å². The third kappa shape index (κ3) is 2.69. The highest BCUT2D eigenvalue weighted by Gasteiger charge is 2.42. The molecule has 0 aromatic heterocycles. The molecule has 0 N–H and O–H groups in total. The van der Waals surface area contributed by atoms with E-state index < -0.39 is 0 Å². The molecular formula is C22H32B2. The van der Waals surface area contributed by atoms with E-state index in [-0.39, 0.29) is 0 Å². The monoisotopic (exact) mass is 318 g/mol. The molecule has 0 nitrogen and oxygen atoms in total. The molecule has 4 heterocycles. The summed E-state index contributed by atoms with van der Waals surface area (Å²) < 4.78 is 0. The van der Waals surface area contributed by atoms with Crippen molar-refractivity contribution in [1.82, 2.24) is 0 Å². The molecule has 5 rings (SSSR count). The molecule has 0 amide bonds. The van der Waals surface area contributed by atoms with Crippen LogP contribution in [0, 0.1) is 0 Å². The summed E-state index contributed by atoms with van der Waals surface area (Å²) in [4.78, 5) is 0. The Labute approximate surface area is 149 Å². The molecule has 4 aliphatic heterocycles. The predicted octanol–water partition coefficient (Wildman–Crippen LogP) is 5.31. The maximum absolute atomic E-state index is 2.56. The molecule has 2 heteroatoms. The van der Waals surface area contributed by atoms with Crippen LogP contribution in [0.4, 0.5) is 0 Å². The van der Waals surface area contributed by atoms with Crippen LogP contribution in [0.25, 0.3) is 0 Å². The van der Waals surface area contributed by atoms with E-state index in [9.17, 15) is 0 Å². The molecule has 0 atom stereocenters. The number of benzene rings is 1. The summed E-state index contributed by atoms with van der Waals surface area (Å²) in [6.07, 6.45) is 17.9. The van der Waals surface area contributed by atoms with Crippen LogP contribution in [-0.4, -0.2) is 13.4 Å². The first-order chi connectivity index (χ1) is 11.9. The predicted molar refractivity (Wildman–Crippen MR) is 108 cm³/mol. The van der Waals surface area contributed by atoms with Crippen molar-refractivity contribution in [2.75, 3.05) is 0 Å². The minimum absolute atomic E-state index is 0.896. The molecule has 4 aliphatic rings. The Balaban J connectivity index is 1.39. The summed E-state index contributed by atoms with van der Waals surface area (Å²) in [7, 11) is 0. The van der Waals surface area contributed by atoms with E-state index in [4.69, 9.17) is 0 Å². The van der Waals surface area contributed by atoms with Gasteiger partial charge in [0.15, 0.2) is 13.4 Å². The molecule has 4 saturated heterocycles. The zero-order valence-corrected chi connectivity index (χ0v) is 15.3. The van der Waals surface area contributed by atoms with Crippen LogP contribution < -0.4 is 10.9 Å². The van der Waals surface area contributed by atoms with Crippen LogP contribution in [0.2, 0.25) is 23.3 Å². The average Bonchev–Trinajstić information content (AvgIpc) is 2.60. The molecule has 1 aromatic carbocycles. The van der Waals surface area contributed by atoms with Crippen molar-refractivity contribution in [3.05, 3.63) is 24.3 Å². The van der Waals surface area contributed by atoms with Crippen molar-refractivity contribution in [3.8, 4) is 0 Å². The molecule has 4 bridgehead atoms. The summed E-state index contributed by atoms with van der Waals surface area (Å²) in [6.45, 7) is 1.79. The zero-order valence-electron chi connectivity index (χ0n) is 15.3. The second-order valence-electron chi connectivity index (χ2n) is 9.48. The van der Waals surface area contributed by atoms with E-state index in [1.54, 1.807) is 10.9 Å². The Hall–Kier alpha value is -0.650. The first-order valence-corrected chi connectivity index (χ1v) is 11.0. The molecule has 24 heavy (non-hydrogen) atoms. The largest absolute Gasteiger partial charge is 0.182 e. The molecular weight excluding hydrogens is 286 g/mol. The highest BCUT2D eigenvalue weighted by atomic mass is 14.3. The standard InChI is InChI=1S/C22H32B2/c1-5-17-7-2-8-18(6-1)23(17)21-13-15-22(16-14-21)24-19-9-3-10-20(24)12-4-11-19/h13-20H,1-12H2. The summed E-state index contributed by atoms with van der Waals surface area (Å²) in [5.74, 6) is 3.99. The van der Waals surface area contributed by atoms with E-state index in [1.807, 2.05) is 0 Å². The van der Waals surface area contributed by atoms with Gasteiger partial charge < -0.3 is 0 Å². The van der Waals surface area contributed by atoms with Gasteiger partial charge in [0.25, 0.3) is 0 Å². The zero-order chi connectivity index (χ0) is 15.9. The van der Waals surface area contributed by atoms with E-state index in [1.165, 1.54) is 77.0 Å². The Morgan fingerprint density at radius 3 is 0.958 bits per heavy atom. The number of fused-ring (bicyclic) bond motifs is 4. The van der Waals surface area contributed by atoms with E-state index in [0.717, 1.165) is 36.7 Å². The van der Waals surface area contributed by atoms with Crippen molar-refractivity contribution in [3.63, 3.8) is 0 Å². The molecule has 0 spiro atoms. The Bertz CT molecular complexity index is 471. The lowest BCUT2D eigenvalue weighted by Crippen LogP contribution is -2.47. The van der Waals surface area contributed by atoms with Crippen molar-refractivity contribution in [2.24, 2.45) is 0 Å². The molecule has 1 aromatic rings. The van der Waals surface area contributed by atoms with Gasteiger partial charge in [-0.2, -0.15) is 0 Å². The van der Waals surface area contributed by atoms with Crippen LogP contribution in [0.3, 0.4) is 0 Å². The van der Waals surface area contributed by atoms with Crippen molar-refractivity contribution in [1.29, 1.82) is 0 Å². The molecule has 4 fully saturated rings. The quantitative estimate of drug-likeness (QED) is 0.649. The fraction of sp³-hybridized carbons (Fsp3) is 0.727. The van der Waals surface area contributed by atoms with E-state index >= 15 is 0 Å². The maximum atomic E-state index is 2.56. The summed E-state index contributed by atoms with van der Waals surface area (Å²) in [5.41, 5.74) is 3.38. The van der Waals surface area contributed by atoms with Gasteiger partial charge in [0.2, 0.25) is 0 Å². The SMILES string of the molecule is c1cc(B2C3CCCC2CCC3)ccc1B1C2CCCC1CCC2. The van der Waals surface area contributed by atoms with Crippen molar-refractivity contribution < 1.29 is 0 Å². The topological polar surface area (TPSA) is 0 Å². The van der Waals surface area contributed by atoms with Crippen molar-refractivity contribution in [2.45, 2.75) is 100 Å². The van der Waals surface area contributed by atoms with E-state index in [0.29, 0.717) is 0 Å². The molecule has 0 saturated carbocycles. The third-order valence-corrected chi connectivity index (χ3v) is 8.34. The molecule has 0 radical (unpaired) electrons. The van der Waals surface area contributed by atoms with Crippen LogP contribution in [0.1, 0.15) is 77.0 Å². The van der Waals surface area contributed by atoms with Crippen LogP contribution in [0.15, 0.2) is 24.3 Å². The second kappa shape index (κ2) is 6.58. The number of rotatable bonds is 2. The first kappa shape index (κ1) is 15.6. The maximum Gasteiger partial charge on any atom is 0.182 e. The minimum Gasteiger partial charge on any atom is -0.0795 e. The van der Waals surface area contributed by atoms with Gasteiger partial charge in [-0.15, -0.1) is 0 Å². The highest BCUT2D eigenvalue weighted by molar-refractivity contribution is 6.78. The highest BCUT2D eigenvalue weighted by Crippen LogP contribution is 2.47.